The van der Waals surface area contributed by atoms with Crippen molar-refractivity contribution in [1.29, 1.82) is 0 Å². The Balaban J connectivity index is 1.74. The van der Waals surface area contributed by atoms with E-state index >= 15 is 0 Å². The molecule has 0 aliphatic carbocycles. The van der Waals surface area contributed by atoms with Crippen LogP contribution in [0.3, 0.4) is 0 Å². The van der Waals surface area contributed by atoms with Crippen molar-refractivity contribution in [3.05, 3.63) is 55.4 Å². The summed E-state index contributed by atoms with van der Waals surface area (Å²) in [6.07, 6.45) is 0. The van der Waals surface area contributed by atoms with Crippen LogP contribution in [0.25, 0.3) is 10.1 Å². The van der Waals surface area contributed by atoms with Gasteiger partial charge in [-0.05, 0) is 59.0 Å². The molecule has 1 aromatic heterocycles. The lowest BCUT2D eigenvalue weighted by molar-refractivity contribution is 0.0849. The summed E-state index contributed by atoms with van der Waals surface area (Å²) in [7, 11) is 3.13. The lowest BCUT2D eigenvalue weighted by Crippen LogP contribution is -2.41. The standard InChI is InChI=1S/C18H14ClIN2O4S/c1-25-10-4-5-11-14(8-10)27-16(15(11)19)18(24)22-21-17(23)9-3-6-13(26-2)12(20)7-9/h3-8H,1-2H3,(H,21,23)(H,22,24). The van der Waals surface area contributed by atoms with Crippen molar-refractivity contribution in [2.45, 2.75) is 0 Å². The van der Waals surface area contributed by atoms with Crippen LogP contribution >= 0.6 is 45.5 Å². The number of amides is 2. The first-order chi connectivity index (χ1) is 12.9. The number of carbonyl (C=O) groups is 2. The molecule has 0 unspecified atom stereocenters. The van der Waals surface area contributed by atoms with Crippen LogP contribution in [-0.4, -0.2) is 26.0 Å². The number of hydrogen-bond acceptors (Lipinski definition) is 5. The molecule has 2 amide bonds. The lowest BCUT2D eigenvalue weighted by Gasteiger charge is -2.08. The number of thiophene rings is 1. The minimum absolute atomic E-state index is 0.310. The van der Waals surface area contributed by atoms with Gasteiger partial charge in [-0.1, -0.05) is 11.6 Å². The second-order valence-corrected chi connectivity index (χ2v) is 7.96. The second-order valence-electron chi connectivity index (χ2n) is 5.36. The molecule has 0 bridgehead atoms. The van der Waals surface area contributed by atoms with Crippen LogP contribution in [0, 0.1) is 3.57 Å². The van der Waals surface area contributed by atoms with Crippen molar-refractivity contribution >= 4 is 67.4 Å². The maximum atomic E-state index is 12.4. The number of nitrogens with one attached hydrogen (secondary N) is 2. The van der Waals surface area contributed by atoms with E-state index in [1.165, 1.54) is 11.3 Å². The number of fused-ring (bicyclic) bond motifs is 1. The fourth-order valence-corrected chi connectivity index (χ4v) is 4.54. The van der Waals surface area contributed by atoms with E-state index < -0.39 is 11.8 Å². The molecule has 2 N–H and O–H groups in total. The SMILES string of the molecule is COc1ccc2c(Cl)c(C(=O)NNC(=O)c3ccc(OC)c(I)c3)sc2c1. The second kappa shape index (κ2) is 8.32. The molecule has 3 rings (SSSR count). The predicted molar refractivity (Wildman–Crippen MR) is 114 cm³/mol. The summed E-state index contributed by atoms with van der Waals surface area (Å²) in [6.45, 7) is 0. The van der Waals surface area contributed by atoms with Gasteiger partial charge < -0.3 is 9.47 Å². The zero-order chi connectivity index (χ0) is 19.6. The molecule has 0 aliphatic heterocycles. The van der Waals surface area contributed by atoms with Gasteiger partial charge in [0.2, 0.25) is 0 Å². The van der Waals surface area contributed by atoms with Crippen molar-refractivity contribution in [3.8, 4) is 11.5 Å². The van der Waals surface area contributed by atoms with Crippen LogP contribution in [0.1, 0.15) is 20.0 Å². The first kappa shape index (κ1) is 19.7. The van der Waals surface area contributed by atoms with Gasteiger partial charge in [0.05, 0.1) is 22.8 Å². The highest BCUT2D eigenvalue weighted by molar-refractivity contribution is 14.1. The molecule has 140 valence electrons. The minimum Gasteiger partial charge on any atom is -0.497 e. The Hall–Kier alpha value is -2.04. The van der Waals surface area contributed by atoms with E-state index in [0.29, 0.717) is 27.0 Å². The largest absolute Gasteiger partial charge is 0.497 e. The van der Waals surface area contributed by atoms with Crippen LogP contribution in [0.5, 0.6) is 11.5 Å². The van der Waals surface area contributed by atoms with Gasteiger partial charge in [0.1, 0.15) is 16.4 Å². The minimum atomic E-state index is -0.489. The van der Waals surface area contributed by atoms with Crippen molar-refractivity contribution in [2.24, 2.45) is 0 Å². The van der Waals surface area contributed by atoms with Crippen LogP contribution < -0.4 is 20.3 Å². The highest BCUT2D eigenvalue weighted by atomic mass is 127. The molecular formula is C18H14ClIN2O4S. The van der Waals surface area contributed by atoms with E-state index in [-0.39, 0.29) is 0 Å². The number of carbonyl (C=O) groups excluding carboxylic acids is 2. The Labute approximate surface area is 177 Å². The summed E-state index contributed by atoms with van der Waals surface area (Å²) in [5, 5.41) is 1.09. The fourth-order valence-electron chi connectivity index (χ4n) is 2.37. The highest BCUT2D eigenvalue weighted by Gasteiger charge is 2.18. The van der Waals surface area contributed by atoms with Gasteiger partial charge in [0.25, 0.3) is 11.8 Å². The molecule has 0 atom stereocenters. The quantitative estimate of drug-likeness (QED) is 0.402. The molecule has 1 heterocycles. The number of rotatable bonds is 4. The van der Waals surface area contributed by atoms with Crippen LogP contribution in [0.2, 0.25) is 5.02 Å². The van der Waals surface area contributed by atoms with Crippen LogP contribution in [0.15, 0.2) is 36.4 Å². The summed E-state index contributed by atoms with van der Waals surface area (Å²) in [4.78, 5) is 25.0. The number of halogens is 2. The molecule has 0 fully saturated rings. The molecule has 27 heavy (non-hydrogen) atoms. The van der Waals surface area contributed by atoms with E-state index in [1.807, 2.05) is 0 Å². The number of hydrazine groups is 1. The normalized spacial score (nSPS) is 10.5. The van der Waals surface area contributed by atoms with E-state index in [0.717, 1.165) is 13.7 Å². The first-order valence-corrected chi connectivity index (χ1v) is 9.92. The maximum Gasteiger partial charge on any atom is 0.281 e. The summed E-state index contributed by atoms with van der Waals surface area (Å²) in [6, 6.07) is 10.3. The van der Waals surface area contributed by atoms with Gasteiger partial charge in [-0.15, -0.1) is 11.3 Å². The fraction of sp³-hybridized carbons (Fsp3) is 0.111. The molecular weight excluding hydrogens is 503 g/mol. The summed E-state index contributed by atoms with van der Waals surface area (Å²) < 4.78 is 12.0. The van der Waals surface area contributed by atoms with Crippen molar-refractivity contribution in [3.63, 3.8) is 0 Å². The average Bonchev–Trinajstić information content (AvgIpc) is 3.01. The summed E-state index contributed by atoms with van der Waals surface area (Å²) in [5.41, 5.74) is 5.19. The van der Waals surface area contributed by atoms with Crippen molar-refractivity contribution in [1.82, 2.24) is 10.9 Å². The van der Waals surface area contributed by atoms with Gasteiger partial charge in [-0.25, -0.2) is 0 Å². The van der Waals surface area contributed by atoms with Gasteiger partial charge in [-0.2, -0.15) is 0 Å². The Morgan fingerprint density at radius 2 is 1.78 bits per heavy atom. The molecule has 0 radical (unpaired) electrons. The molecule has 0 saturated carbocycles. The Kier molecular flexibility index (Phi) is 6.08. The molecule has 0 aliphatic rings. The smallest absolute Gasteiger partial charge is 0.281 e. The van der Waals surface area contributed by atoms with E-state index in [4.69, 9.17) is 21.1 Å². The third-order valence-corrected chi connectivity index (χ3v) is 6.25. The highest BCUT2D eigenvalue weighted by Crippen LogP contribution is 2.37. The van der Waals surface area contributed by atoms with Gasteiger partial charge in [0.15, 0.2) is 0 Å². The topological polar surface area (TPSA) is 76.7 Å². The molecule has 3 aromatic rings. The monoisotopic (exact) mass is 516 g/mol. The molecule has 0 spiro atoms. The zero-order valence-corrected chi connectivity index (χ0v) is 18.0. The number of hydrogen-bond donors (Lipinski definition) is 2. The first-order valence-electron chi connectivity index (χ1n) is 7.65. The Morgan fingerprint density at radius 3 is 2.44 bits per heavy atom. The third kappa shape index (κ3) is 4.12. The number of ether oxygens (including phenoxy) is 2. The molecule has 9 heteroatoms. The average molecular weight is 517 g/mol. The molecule has 2 aromatic carbocycles. The Bertz CT molecular complexity index is 1040. The van der Waals surface area contributed by atoms with Crippen molar-refractivity contribution in [2.75, 3.05) is 14.2 Å². The van der Waals surface area contributed by atoms with E-state index in [9.17, 15) is 9.59 Å². The summed E-state index contributed by atoms with van der Waals surface area (Å²) >= 11 is 9.61. The number of benzene rings is 2. The Morgan fingerprint density at radius 1 is 1.04 bits per heavy atom. The van der Waals surface area contributed by atoms with Gasteiger partial charge >= 0.3 is 0 Å². The van der Waals surface area contributed by atoms with E-state index in [1.54, 1.807) is 50.6 Å². The van der Waals surface area contributed by atoms with Gasteiger partial charge in [0, 0.05) is 15.6 Å². The molecule has 6 nitrogen and oxygen atoms in total. The number of methoxy groups -OCH3 is 2. The third-order valence-electron chi connectivity index (χ3n) is 3.75. The summed E-state index contributed by atoms with van der Waals surface area (Å²) in [5.74, 6) is 0.415. The van der Waals surface area contributed by atoms with Gasteiger partial charge in [-0.3, -0.25) is 20.4 Å². The van der Waals surface area contributed by atoms with Crippen LogP contribution in [0.4, 0.5) is 0 Å². The van der Waals surface area contributed by atoms with E-state index in [2.05, 4.69) is 33.4 Å². The molecule has 0 saturated heterocycles. The lowest BCUT2D eigenvalue weighted by atomic mass is 10.2. The van der Waals surface area contributed by atoms with Crippen molar-refractivity contribution < 1.29 is 19.1 Å². The zero-order valence-electron chi connectivity index (χ0n) is 14.3. The van der Waals surface area contributed by atoms with Crippen LogP contribution in [-0.2, 0) is 0 Å². The predicted octanol–water partition coefficient (Wildman–Crippen LogP) is 4.25. The maximum absolute atomic E-state index is 12.4.